The minimum absolute atomic E-state index is 0.00320. The van der Waals surface area contributed by atoms with E-state index in [-0.39, 0.29) is 5.91 Å². The van der Waals surface area contributed by atoms with Gasteiger partial charge >= 0.3 is 0 Å². The normalized spacial score (nSPS) is 10.6. The molecule has 1 heterocycles. The van der Waals surface area contributed by atoms with Crippen molar-refractivity contribution in [1.82, 2.24) is 10.2 Å². The molecule has 2 aromatic rings. The van der Waals surface area contributed by atoms with Crippen molar-refractivity contribution in [1.29, 1.82) is 0 Å². The summed E-state index contributed by atoms with van der Waals surface area (Å²) in [5.41, 5.74) is 3.33. The van der Waals surface area contributed by atoms with Crippen molar-refractivity contribution < 1.29 is 4.79 Å². The summed E-state index contributed by atoms with van der Waals surface area (Å²) in [5, 5.41) is 11.9. The first-order valence-electron chi connectivity index (χ1n) is 6.97. The van der Waals surface area contributed by atoms with Crippen molar-refractivity contribution >= 4 is 34.7 Å². The van der Waals surface area contributed by atoms with Crippen LogP contribution in [0.4, 0.5) is 5.69 Å². The summed E-state index contributed by atoms with van der Waals surface area (Å²) in [5.74, 6) is 0.360. The number of anilines is 1. The fourth-order valence-corrected chi connectivity index (χ4v) is 3.66. The molecule has 0 aliphatic heterocycles. The minimum atomic E-state index is 0.00320. The van der Waals surface area contributed by atoms with Crippen LogP contribution in [-0.4, -0.2) is 21.9 Å². The fourth-order valence-electron chi connectivity index (χ4n) is 2.04. The van der Waals surface area contributed by atoms with Crippen LogP contribution in [0.2, 0.25) is 0 Å². The van der Waals surface area contributed by atoms with E-state index in [0.717, 1.165) is 27.9 Å². The minimum Gasteiger partial charge on any atom is -0.325 e. The van der Waals surface area contributed by atoms with Crippen LogP contribution in [0.1, 0.15) is 30.0 Å². The Bertz CT molecular complexity index is 603. The number of carbonyl (C=O) groups excluding carboxylic acids is 1. The highest BCUT2D eigenvalue weighted by Crippen LogP contribution is 2.25. The first-order valence-corrected chi connectivity index (χ1v) is 8.77. The standard InChI is InChI=1S/C15H19N3OS2/c1-4-11-7-6-8-12(5-2)14(11)16-13(19)9-20-15-18-17-10(3)21-15/h6-8H,4-5,9H2,1-3H3,(H,16,19). The molecule has 0 saturated carbocycles. The predicted molar refractivity (Wildman–Crippen MR) is 89.2 cm³/mol. The number of benzene rings is 1. The Morgan fingerprint density at radius 1 is 1.24 bits per heavy atom. The van der Waals surface area contributed by atoms with Crippen LogP contribution in [-0.2, 0) is 17.6 Å². The van der Waals surface area contributed by atoms with Gasteiger partial charge in [0.05, 0.1) is 5.75 Å². The second kappa shape index (κ2) is 7.56. The SMILES string of the molecule is CCc1cccc(CC)c1NC(=O)CSc1nnc(C)s1. The van der Waals surface area contributed by atoms with Gasteiger partial charge in [0.1, 0.15) is 5.01 Å². The molecule has 2 rings (SSSR count). The van der Waals surface area contributed by atoms with Crippen LogP contribution in [0.25, 0.3) is 0 Å². The zero-order valence-electron chi connectivity index (χ0n) is 12.5. The van der Waals surface area contributed by atoms with E-state index in [9.17, 15) is 4.79 Å². The summed E-state index contributed by atoms with van der Waals surface area (Å²) in [4.78, 5) is 12.2. The Morgan fingerprint density at radius 2 is 1.90 bits per heavy atom. The molecule has 0 fully saturated rings. The van der Waals surface area contributed by atoms with E-state index in [2.05, 4.69) is 41.5 Å². The molecule has 112 valence electrons. The van der Waals surface area contributed by atoms with Crippen LogP contribution in [0.15, 0.2) is 22.5 Å². The van der Waals surface area contributed by atoms with E-state index in [1.165, 1.54) is 34.2 Å². The number of hydrogen-bond acceptors (Lipinski definition) is 5. The Labute approximate surface area is 133 Å². The summed E-state index contributed by atoms with van der Waals surface area (Å²) in [6.07, 6.45) is 1.82. The van der Waals surface area contributed by atoms with E-state index in [0.29, 0.717) is 5.75 Å². The molecule has 21 heavy (non-hydrogen) atoms. The molecule has 0 atom stereocenters. The first-order chi connectivity index (χ1) is 10.1. The third kappa shape index (κ3) is 4.28. The lowest BCUT2D eigenvalue weighted by atomic mass is 10.0. The topological polar surface area (TPSA) is 54.9 Å². The third-order valence-corrected chi connectivity index (χ3v) is 5.07. The molecule has 1 aromatic heterocycles. The fraction of sp³-hybridized carbons (Fsp3) is 0.400. The molecule has 0 aliphatic carbocycles. The number of amides is 1. The van der Waals surface area contributed by atoms with E-state index in [4.69, 9.17) is 0 Å². The summed E-state index contributed by atoms with van der Waals surface area (Å²) in [6.45, 7) is 6.11. The van der Waals surface area contributed by atoms with Crippen LogP contribution < -0.4 is 5.32 Å². The number of aryl methyl sites for hydroxylation is 3. The first kappa shape index (κ1) is 16.0. The van der Waals surface area contributed by atoms with E-state index < -0.39 is 0 Å². The molecule has 0 bridgehead atoms. The average Bonchev–Trinajstić information content (AvgIpc) is 2.91. The quantitative estimate of drug-likeness (QED) is 0.824. The number of nitrogens with one attached hydrogen (secondary N) is 1. The molecule has 0 unspecified atom stereocenters. The van der Waals surface area contributed by atoms with Crippen LogP contribution in [0.5, 0.6) is 0 Å². The van der Waals surface area contributed by atoms with Crippen molar-refractivity contribution in [3.05, 3.63) is 34.3 Å². The Kier molecular flexibility index (Phi) is 5.76. The van der Waals surface area contributed by atoms with Gasteiger partial charge in [0.15, 0.2) is 4.34 Å². The number of aromatic nitrogens is 2. The number of rotatable bonds is 6. The highest BCUT2D eigenvalue weighted by molar-refractivity contribution is 8.01. The van der Waals surface area contributed by atoms with Crippen LogP contribution in [0, 0.1) is 6.92 Å². The van der Waals surface area contributed by atoms with Gasteiger partial charge in [0.2, 0.25) is 5.91 Å². The zero-order chi connectivity index (χ0) is 15.2. The van der Waals surface area contributed by atoms with Gasteiger partial charge in [-0.25, -0.2) is 0 Å². The van der Waals surface area contributed by atoms with Gasteiger partial charge in [-0.1, -0.05) is 55.1 Å². The van der Waals surface area contributed by atoms with Gasteiger partial charge in [-0.3, -0.25) is 4.79 Å². The van der Waals surface area contributed by atoms with Crippen molar-refractivity contribution in [3.8, 4) is 0 Å². The van der Waals surface area contributed by atoms with E-state index in [1.807, 2.05) is 13.0 Å². The Morgan fingerprint density at radius 3 is 2.43 bits per heavy atom. The number of thioether (sulfide) groups is 1. The van der Waals surface area contributed by atoms with Gasteiger partial charge in [-0.2, -0.15) is 0 Å². The molecular weight excluding hydrogens is 302 g/mol. The summed E-state index contributed by atoms with van der Waals surface area (Å²) in [7, 11) is 0. The summed E-state index contributed by atoms with van der Waals surface area (Å²) in [6, 6.07) is 6.18. The monoisotopic (exact) mass is 321 g/mol. The predicted octanol–water partition coefficient (Wildman–Crippen LogP) is 3.70. The summed E-state index contributed by atoms with van der Waals surface area (Å²) < 4.78 is 0.835. The molecule has 1 N–H and O–H groups in total. The molecule has 1 aromatic carbocycles. The molecule has 1 amide bonds. The number of para-hydroxylation sites is 1. The smallest absolute Gasteiger partial charge is 0.234 e. The number of carbonyl (C=O) groups is 1. The maximum Gasteiger partial charge on any atom is 0.234 e. The van der Waals surface area contributed by atoms with Gasteiger partial charge in [0, 0.05) is 5.69 Å². The number of nitrogens with zero attached hydrogens (tertiary/aromatic N) is 2. The van der Waals surface area contributed by atoms with Gasteiger partial charge in [0.25, 0.3) is 0 Å². The number of hydrogen-bond donors (Lipinski definition) is 1. The summed E-state index contributed by atoms with van der Waals surface area (Å²) >= 11 is 2.94. The molecule has 6 heteroatoms. The highest BCUT2D eigenvalue weighted by Gasteiger charge is 2.11. The largest absolute Gasteiger partial charge is 0.325 e. The van der Waals surface area contributed by atoms with Gasteiger partial charge < -0.3 is 5.32 Å². The maximum atomic E-state index is 12.2. The Balaban J connectivity index is 2.02. The molecule has 0 aliphatic rings. The average molecular weight is 321 g/mol. The maximum absolute atomic E-state index is 12.2. The van der Waals surface area contributed by atoms with Crippen molar-refractivity contribution in [2.45, 2.75) is 38.0 Å². The van der Waals surface area contributed by atoms with Crippen molar-refractivity contribution in [2.24, 2.45) is 0 Å². The molecule has 0 saturated heterocycles. The van der Waals surface area contributed by atoms with E-state index in [1.54, 1.807) is 0 Å². The zero-order valence-corrected chi connectivity index (χ0v) is 14.1. The lowest BCUT2D eigenvalue weighted by molar-refractivity contribution is -0.113. The van der Waals surface area contributed by atoms with Gasteiger partial charge in [-0.05, 0) is 30.9 Å². The molecule has 0 spiro atoms. The highest BCUT2D eigenvalue weighted by atomic mass is 32.2. The third-order valence-electron chi connectivity index (χ3n) is 3.10. The van der Waals surface area contributed by atoms with E-state index >= 15 is 0 Å². The van der Waals surface area contributed by atoms with Crippen molar-refractivity contribution in [2.75, 3.05) is 11.1 Å². The lowest BCUT2D eigenvalue weighted by Gasteiger charge is -2.14. The molecular formula is C15H19N3OS2. The lowest BCUT2D eigenvalue weighted by Crippen LogP contribution is -2.16. The van der Waals surface area contributed by atoms with Crippen LogP contribution >= 0.6 is 23.1 Å². The van der Waals surface area contributed by atoms with Crippen molar-refractivity contribution in [3.63, 3.8) is 0 Å². The van der Waals surface area contributed by atoms with Gasteiger partial charge in [-0.15, -0.1) is 10.2 Å². The van der Waals surface area contributed by atoms with Crippen LogP contribution in [0.3, 0.4) is 0 Å². The molecule has 4 nitrogen and oxygen atoms in total. The second-order valence-electron chi connectivity index (χ2n) is 4.58. The second-order valence-corrected chi connectivity index (χ2v) is 6.99. The Hall–Kier alpha value is -1.40. The molecule has 0 radical (unpaired) electrons.